The first kappa shape index (κ1) is 17.2. The Balaban J connectivity index is 1.91. The molecule has 1 aromatic rings. The Morgan fingerprint density at radius 3 is 2.90 bits per heavy atom. The van der Waals surface area contributed by atoms with Crippen molar-refractivity contribution in [2.75, 3.05) is 23.8 Å². The predicted octanol–water partition coefficient (Wildman–Crippen LogP) is 3.55. The number of nitrogens with zero attached hydrogens (tertiary/aromatic N) is 2. The van der Waals surface area contributed by atoms with Crippen molar-refractivity contribution in [3.63, 3.8) is 0 Å². The van der Waals surface area contributed by atoms with Crippen LogP contribution in [0.25, 0.3) is 0 Å². The van der Waals surface area contributed by atoms with Gasteiger partial charge in [0.2, 0.25) is 5.89 Å². The fraction of sp³-hybridized carbons (Fsp3) is 0.867. The van der Waals surface area contributed by atoms with Crippen LogP contribution in [0.4, 0.5) is 0 Å². The van der Waals surface area contributed by atoms with Crippen molar-refractivity contribution in [1.82, 2.24) is 15.5 Å². The molecule has 1 aliphatic heterocycles. The van der Waals surface area contributed by atoms with Gasteiger partial charge in [-0.25, -0.2) is 0 Å². The van der Waals surface area contributed by atoms with Gasteiger partial charge in [-0.05, 0) is 25.3 Å². The SMILES string of the molecule is CCCNC(Cc1nc(C2CSCCS2)no1)CC(C)C. The maximum atomic E-state index is 5.49. The molecule has 0 aromatic carbocycles. The van der Waals surface area contributed by atoms with E-state index in [1.54, 1.807) is 0 Å². The third-order valence-electron chi connectivity index (χ3n) is 3.45. The molecule has 0 saturated carbocycles. The van der Waals surface area contributed by atoms with E-state index < -0.39 is 0 Å². The Kier molecular flexibility index (Phi) is 7.40. The first-order valence-electron chi connectivity index (χ1n) is 7.94. The summed E-state index contributed by atoms with van der Waals surface area (Å²) in [5.74, 6) is 5.88. The molecule has 2 atom stereocenters. The Hall–Kier alpha value is -0.200. The van der Waals surface area contributed by atoms with Crippen LogP contribution < -0.4 is 5.32 Å². The summed E-state index contributed by atoms with van der Waals surface area (Å²) >= 11 is 3.94. The second-order valence-electron chi connectivity index (χ2n) is 5.97. The van der Waals surface area contributed by atoms with Gasteiger partial charge in [0.1, 0.15) is 0 Å². The molecular formula is C15H27N3OS2. The molecule has 1 N–H and O–H groups in total. The lowest BCUT2D eigenvalue weighted by Gasteiger charge is -2.18. The molecule has 21 heavy (non-hydrogen) atoms. The van der Waals surface area contributed by atoms with Gasteiger partial charge in [0.25, 0.3) is 0 Å². The molecule has 0 spiro atoms. The van der Waals surface area contributed by atoms with E-state index in [1.807, 2.05) is 23.5 Å². The van der Waals surface area contributed by atoms with Crippen LogP contribution in [0, 0.1) is 5.92 Å². The van der Waals surface area contributed by atoms with E-state index in [4.69, 9.17) is 4.52 Å². The van der Waals surface area contributed by atoms with E-state index in [9.17, 15) is 0 Å². The summed E-state index contributed by atoms with van der Waals surface area (Å²) in [5, 5.41) is 8.22. The van der Waals surface area contributed by atoms with Gasteiger partial charge in [0.15, 0.2) is 5.82 Å². The zero-order valence-corrected chi connectivity index (χ0v) is 14.9. The number of hydrogen-bond donors (Lipinski definition) is 1. The fourth-order valence-corrected chi connectivity index (χ4v) is 5.07. The van der Waals surface area contributed by atoms with Crippen molar-refractivity contribution in [3.8, 4) is 0 Å². The Morgan fingerprint density at radius 1 is 1.38 bits per heavy atom. The molecule has 0 bridgehead atoms. The van der Waals surface area contributed by atoms with Crippen molar-refractivity contribution < 1.29 is 4.52 Å². The third kappa shape index (κ3) is 5.83. The maximum absolute atomic E-state index is 5.49. The second kappa shape index (κ2) is 9.06. The summed E-state index contributed by atoms with van der Waals surface area (Å²) in [6.45, 7) is 7.77. The average Bonchev–Trinajstić information content (AvgIpc) is 2.93. The molecule has 2 unspecified atom stereocenters. The van der Waals surface area contributed by atoms with Crippen LogP contribution in [-0.4, -0.2) is 40.0 Å². The van der Waals surface area contributed by atoms with Crippen LogP contribution in [-0.2, 0) is 6.42 Å². The number of aromatic nitrogens is 2. The molecule has 0 amide bonds. The van der Waals surface area contributed by atoms with Crippen molar-refractivity contribution in [1.29, 1.82) is 0 Å². The van der Waals surface area contributed by atoms with Gasteiger partial charge in [-0.2, -0.15) is 16.7 Å². The van der Waals surface area contributed by atoms with Gasteiger partial charge in [-0.1, -0.05) is 25.9 Å². The van der Waals surface area contributed by atoms with Gasteiger partial charge in [-0.3, -0.25) is 0 Å². The summed E-state index contributed by atoms with van der Waals surface area (Å²) in [6, 6.07) is 0.437. The van der Waals surface area contributed by atoms with Gasteiger partial charge >= 0.3 is 0 Å². The van der Waals surface area contributed by atoms with E-state index in [-0.39, 0.29) is 0 Å². The molecule has 2 heterocycles. The van der Waals surface area contributed by atoms with Crippen molar-refractivity contribution in [2.24, 2.45) is 5.92 Å². The largest absolute Gasteiger partial charge is 0.339 e. The topological polar surface area (TPSA) is 51.0 Å². The van der Waals surface area contributed by atoms with Gasteiger partial charge in [0.05, 0.1) is 5.25 Å². The highest BCUT2D eigenvalue weighted by Crippen LogP contribution is 2.35. The quantitative estimate of drug-likeness (QED) is 0.787. The predicted molar refractivity (Wildman–Crippen MR) is 92.1 cm³/mol. The molecule has 1 fully saturated rings. The molecule has 0 radical (unpaired) electrons. The van der Waals surface area contributed by atoms with Crippen LogP contribution in [0.15, 0.2) is 4.52 Å². The molecule has 1 aromatic heterocycles. The van der Waals surface area contributed by atoms with Crippen LogP contribution in [0.2, 0.25) is 0 Å². The van der Waals surface area contributed by atoms with E-state index in [2.05, 4.69) is 36.2 Å². The Labute approximate surface area is 136 Å². The molecule has 4 nitrogen and oxygen atoms in total. The second-order valence-corrected chi connectivity index (χ2v) is 8.43. The van der Waals surface area contributed by atoms with Crippen LogP contribution in [0.1, 0.15) is 50.6 Å². The maximum Gasteiger partial charge on any atom is 0.228 e. The molecule has 0 aliphatic carbocycles. The number of rotatable bonds is 8. The van der Waals surface area contributed by atoms with E-state index in [0.29, 0.717) is 17.2 Å². The highest BCUT2D eigenvalue weighted by molar-refractivity contribution is 8.06. The molecular weight excluding hydrogens is 302 g/mol. The van der Waals surface area contributed by atoms with E-state index >= 15 is 0 Å². The van der Waals surface area contributed by atoms with Crippen molar-refractivity contribution in [2.45, 2.75) is 51.3 Å². The lowest BCUT2D eigenvalue weighted by Crippen LogP contribution is -2.33. The highest BCUT2D eigenvalue weighted by atomic mass is 32.2. The average molecular weight is 330 g/mol. The van der Waals surface area contributed by atoms with E-state index in [1.165, 1.54) is 11.5 Å². The van der Waals surface area contributed by atoms with Crippen LogP contribution in [0.5, 0.6) is 0 Å². The molecule has 6 heteroatoms. The molecule has 120 valence electrons. The first-order valence-corrected chi connectivity index (χ1v) is 10.1. The lowest BCUT2D eigenvalue weighted by atomic mass is 10.0. The minimum absolute atomic E-state index is 0.411. The fourth-order valence-electron chi connectivity index (χ4n) is 2.49. The summed E-state index contributed by atoms with van der Waals surface area (Å²) in [4.78, 5) is 4.64. The lowest BCUT2D eigenvalue weighted by molar-refractivity contribution is 0.335. The smallest absolute Gasteiger partial charge is 0.228 e. The zero-order chi connectivity index (χ0) is 15.1. The van der Waals surface area contributed by atoms with Gasteiger partial charge in [-0.15, -0.1) is 11.8 Å². The number of nitrogens with one attached hydrogen (secondary N) is 1. The number of thioether (sulfide) groups is 2. The normalized spacial score (nSPS) is 20.9. The van der Waals surface area contributed by atoms with Crippen LogP contribution in [0.3, 0.4) is 0 Å². The number of hydrogen-bond acceptors (Lipinski definition) is 6. The highest BCUT2D eigenvalue weighted by Gasteiger charge is 2.23. The summed E-state index contributed by atoms with van der Waals surface area (Å²) < 4.78 is 5.49. The Morgan fingerprint density at radius 2 is 2.24 bits per heavy atom. The monoisotopic (exact) mass is 329 g/mol. The van der Waals surface area contributed by atoms with Crippen molar-refractivity contribution in [3.05, 3.63) is 11.7 Å². The molecule has 1 aliphatic rings. The molecule has 2 rings (SSSR count). The summed E-state index contributed by atoms with van der Waals surface area (Å²) in [5.41, 5.74) is 0. The van der Waals surface area contributed by atoms with Crippen molar-refractivity contribution >= 4 is 23.5 Å². The van der Waals surface area contributed by atoms with E-state index in [0.717, 1.165) is 43.3 Å². The Bertz CT molecular complexity index is 405. The first-order chi connectivity index (χ1) is 10.2. The minimum atomic E-state index is 0.411. The summed E-state index contributed by atoms with van der Waals surface area (Å²) in [6.07, 6.45) is 3.14. The van der Waals surface area contributed by atoms with Gasteiger partial charge < -0.3 is 9.84 Å². The standard InChI is InChI=1S/C15H27N3OS2/c1-4-5-16-12(8-11(2)3)9-14-17-15(18-19-14)13-10-20-6-7-21-13/h11-13,16H,4-10H2,1-3H3. The summed E-state index contributed by atoms with van der Waals surface area (Å²) in [7, 11) is 0. The van der Waals surface area contributed by atoms with Crippen LogP contribution >= 0.6 is 23.5 Å². The third-order valence-corrected chi connectivity index (χ3v) is 6.20. The minimum Gasteiger partial charge on any atom is -0.339 e. The zero-order valence-electron chi connectivity index (χ0n) is 13.3. The molecule has 1 saturated heterocycles. The van der Waals surface area contributed by atoms with Gasteiger partial charge in [0, 0.05) is 29.7 Å².